The number of nitrogens with zero attached hydrogens (tertiary/aromatic N) is 1. The van der Waals surface area contributed by atoms with Gasteiger partial charge < -0.3 is 9.80 Å². The summed E-state index contributed by atoms with van der Waals surface area (Å²) < 4.78 is 1.05. The number of hydrogen-bond acceptors (Lipinski definition) is 2. The highest BCUT2D eigenvalue weighted by Crippen LogP contribution is 2.11. The number of thiophene rings is 1. The lowest BCUT2D eigenvalue weighted by Crippen LogP contribution is -3.13. The van der Waals surface area contributed by atoms with E-state index in [9.17, 15) is 4.79 Å². The minimum absolute atomic E-state index is 0.113. The Morgan fingerprint density at radius 2 is 1.96 bits per heavy atom. The number of rotatable bonds is 4. The molecule has 0 saturated carbocycles. The molecule has 1 aliphatic heterocycles. The fourth-order valence-corrected chi connectivity index (χ4v) is 3.68. The summed E-state index contributed by atoms with van der Waals surface area (Å²) in [5, 5.41) is 4.34. The van der Waals surface area contributed by atoms with Crippen molar-refractivity contribution in [2.24, 2.45) is 0 Å². The molecule has 0 spiro atoms. The van der Waals surface area contributed by atoms with E-state index >= 15 is 0 Å². The summed E-state index contributed by atoms with van der Waals surface area (Å²) in [6, 6.07) is 10.1. The molecule has 1 fully saturated rings. The fraction of sp³-hybridized carbons (Fsp3) is 0.278. The third-order valence-electron chi connectivity index (χ3n) is 4.10. The van der Waals surface area contributed by atoms with Crippen molar-refractivity contribution >= 4 is 39.2 Å². The molecule has 0 unspecified atom stereocenters. The Labute approximate surface area is 149 Å². The number of piperazine rings is 1. The van der Waals surface area contributed by atoms with Gasteiger partial charge in [0.15, 0.2) is 0 Å². The van der Waals surface area contributed by atoms with E-state index in [0.29, 0.717) is 0 Å². The smallest absolute Gasteiger partial charge is 0.246 e. The van der Waals surface area contributed by atoms with Gasteiger partial charge in [-0.25, -0.2) is 0 Å². The molecule has 1 aliphatic rings. The second-order valence-electron chi connectivity index (χ2n) is 5.77. The van der Waals surface area contributed by atoms with Crippen LogP contribution in [0.4, 0.5) is 0 Å². The van der Waals surface area contributed by atoms with Crippen LogP contribution in [0.5, 0.6) is 0 Å². The molecule has 1 aromatic heterocycles. The minimum atomic E-state index is 0.113. The number of nitrogens with one attached hydrogen (secondary N) is 1. The SMILES string of the molecule is O=C(/C=C/c1ccc(Br)cc1)N1CC[NH+](Cc2ccsc2)CC1. The first-order chi connectivity index (χ1) is 11.2. The average Bonchev–Trinajstić information content (AvgIpc) is 3.08. The molecule has 3 nitrogen and oxygen atoms in total. The summed E-state index contributed by atoms with van der Waals surface area (Å²) in [6.45, 7) is 4.79. The Morgan fingerprint density at radius 3 is 2.61 bits per heavy atom. The molecule has 0 atom stereocenters. The third-order valence-corrected chi connectivity index (χ3v) is 5.37. The number of quaternary nitrogens is 1. The highest BCUT2D eigenvalue weighted by Gasteiger charge is 2.22. The van der Waals surface area contributed by atoms with E-state index in [2.05, 4.69) is 32.8 Å². The van der Waals surface area contributed by atoms with Crippen LogP contribution in [0.1, 0.15) is 11.1 Å². The van der Waals surface area contributed by atoms with E-state index in [1.807, 2.05) is 35.2 Å². The highest BCUT2D eigenvalue weighted by molar-refractivity contribution is 9.10. The van der Waals surface area contributed by atoms with Gasteiger partial charge in [0.2, 0.25) is 5.91 Å². The topological polar surface area (TPSA) is 24.8 Å². The van der Waals surface area contributed by atoms with Gasteiger partial charge in [0.25, 0.3) is 0 Å². The lowest BCUT2D eigenvalue weighted by Gasteiger charge is -2.31. The lowest BCUT2D eigenvalue weighted by molar-refractivity contribution is -0.917. The number of halogens is 1. The van der Waals surface area contributed by atoms with Crippen LogP contribution < -0.4 is 4.90 Å². The van der Waals surface area contributed by atoms with Gasteiger partial charge >= 0.3 is 0 Å². The standard InChI is InChI=1S/C18H19BrN2OS/c19-17-4-1-15(2-5-17)3-6-18(22)21-10-8-20(9-11-21)13-16-7-12-23-14-16/h1-7,12,14H,8-11,13H2/p+1/b6-3+. The number of hydrogen-bond donors (Lipinski definition) is 1. The summed E-state index contributed by atoms with van der Waals surface area (Å²) in [5.41, 5.74) is 2.45. The first-order valence-corrected chi connectivity index (χ1v) is 9.51. The van der Waals surface area contributed by atoms with Gasteiger partial charge in [0.1, 0.15) is 6.54 Å². The van der Waals surface area contributed by atoms with Crippen molar-refractivity contribution in [2.75, 3.05) is 26.2 Å². The molecule has 1 aromatic carbocycles. The van der Waals surface area contributed by atoms with E-state index in [1.54, 1.807) is 22.3 Å². The summed E-state index contributed by atoms with van der Waals surface area (Å²) in [6.07, 6.45) is 3.58. The van der Waals surface area contributed by atoms with Crippen molar-refractivity contribution < 1.29 is 9.69 Å². The molecule has 1 N–H and O–H groups in total. The quantitative estimate of drug-likeness (QED) is 0.795. The second kappa shape index (κ2) is 7.90. The van der Waals surface area contributed by atoms with E-state index in [1.165, 1.54) is 5.56 Å². The van der Waals surface area contributed by atoms with E-state index in [4.69, 9.17) is 0 Å². The second-order valence-corrected chi connectivity index (χ2v) is 7.46. The maximum atomic E-state index is 12.3. The molecule has 23 heavy (non-hydrogen) atoms. The zero-order valence-corrected chi connectivity index (χ0v) is 15.3. The van der Waals surface area contributed by atoms with Crippen LogP contribution in [-0.2, 0) is 11.3 Å². The number of amides is 1. The lowest BCUT2D eigenvalue weighted by atomic mass is 10.2. The molecule has 3 rings (SSSR count). The Kier molecular flexibility index (Phi) is 5.65. The van der Waals surface area contributed by atoms with Crippen LogP contribution in [0.2, 0.25) is 0 Å². The molecule has 1 amide bonds. The van der Waals surface area contributed by atoms with Crippen LogP contribution in [0.25, 0.3) is 6.08 Å². The van der Waals surface area contributed by atoms with Crippen molar-refractivity contribution in [1.29, 1.82) is 0 Å². The monoisotopic (exact) mass is 391 g/mol. The largest absolute Gasteiger partial charge is 0.328 e. The first-order valence-electron chi connectivity index (χ1n) is 7.78. The maximum absolute atomic E-state index is 12.3. The van der Waals surface area contributed by atoms with Crippen LogP contribution >= 0.6 is 27.3 Å². The average molecular weight is 392 g/mol. The highest BCUT2D eigenvalue weighted by atomic mass is 79.9. The van der Waals surface area contributed by atoms with Crippen LogP contribution in [0.15, 0.2) is 51.6 Å². The normalized spacial score (nSPS) is 16.1. The van der Waals surface area contributed by atoms with Gasteiger partial charge in [-0.3, -0.25) is 4.79 Å². The Hall–Kier alpha value is -1.43. The van der Waals surface area contributed by atoms with Crippen LogP contribution in [-0.4, -0.2) is 37.0 Å². The molecule has 0 aliphatic carbocycles. The predicted molar refractivity (Wildman–Crippen MR) is 98.5 cm³/mol. The molecular formula is C18H20BrN2OS+. The predicted octanol–water partition coefficient (Wildman–Crippen LogP) is 2.45. The maximum Gasteiger partial charge on any atom is 0.246 e. The molecule has 2 heterocycles. The van der Waals surface area contributed by atoms with Crippen molar-refractivity contribution in [3.8, 4) is 0 Å². The Balaban J connectivity index is 1.49. The van der Waals surface area contributed by atoms with E-state index in [0.717, 1.165) is 42.8 Å². The molecule has 5 heteroatoms. The van der Waals surface area contributed by atoms with Crippen LogP contribution in [0, 0.1) is 0 Å². The summed E-state index contributed by atoms with van der Waals surface area (Å²) in [4.78, 5) is 15.8. The molecule has 120 valence electrons. The number of carbonyl (C=O) groups is 1. The zero-order chi connectivity index (χ0) is 16.1. The van der Waals surface area contributed by atoms with E-state index in [-0.39, 0.29) is 5.91 Å². The van der Waals surface area contributed by atoms with E-state index < -0.39 is 0 Å². The van der Waals surface area contributed by atoms with Crippen molar-refractivity contribution in [2.45, 2.75) is 6.54 Å². The number of carbonyl (C=O) groups excluding carboxylic acids is 1. The van der Waals surface area contributed by atoms with Gasteiger partial charge in [-0.05, 0) is 40.6 Å². The molecule has 2 aromatic rings. The summed E-state index contributed by atoms with van der Waals surface area (Å²) >= 11 is 5.16. The molecular weight excluding hydrogens is 372 g/mol. The molecule has 1 saturated heterocycles. The summed E-state index contributed by atoms with van der Waals surface area (Å²) in [7, 11) is 0. The van der Waals surface area contributed by atoms with Crippen molar-refractivity contribution in [3.05, 3.63) is 62.8 Å². The Bertz CT molecular complexity index is 659. The van der Waals surface area contributed by atoms with Gasteiger partial charge in [-0.15, -0.1) is 0 Å². The third kappa shape index (κ3) is 4.77. The Morgan fingerprint density at radius 1 is 1.22 bits per heavy atom. The van der Waals surface area contributed by atoms with Crippen LogP contribution in [0.3, 0.4) is 0 Å². The first kappa shape index (κ1) is 16.4. The van der Waals surface area contributed by atoms with Gasteiger partial charge in [0.05, 0.1) is 26.2 Å². The molecule has 0 radical (unpaired) electrons. The van der Waals surface area contributed by atoms with Gasteiger partial charge in [0, 0.05) is 16.1 Å². The van der Waals surface area contributed by atoms with Crippen molar-refractivity contribution in [3.63, 3.8) is 0 Å². The van der Waals surface area contributed by atoms with Crippen molar-refractivity contribution in [1.82, 2.24) is 4.90 Å². The fourth-order valence-electron chi connectivity index (χ4n) is 2.75. The van der Waals surface area contributed by atoms with Gasteiger partial charge in [-0.1, -0.05) is 28.1 Å². The molecule has 0 bridgehead atoms. The minimum Gasteiger partial charge on any atom is -0.328 e. The zero-order valence-electron chi connectivity index (χ0n) is 12.9. The number of benzene rings is 1. The van der Waals surface area contributed by atoms with Gasteiger partial charge in [-0.2, -0.15) is 11.3 Å². The summed E-state index contributed by atoms with van der Waals surface area (Å²) in [5.74, 6) is 0.113.